The van der Waals surface area contributed by atoms with Crippen LogP contribution < -0.4 is 14.8 Å². The lowest BCUT2D eigenvalue weighted by molar-refractivity contribution is 0.171. The summed E-state index contributed by atoms with van der Waals surface area (Å²) in [5, 5.41) is 4.24. The number of nitrogens with one attached hydrogen (secondary N) is 1. The van der Waals surface area contributed by atoms with E-state index in [1.165, 1.54) is 12.0 Å². The lowest BCUT2D eigenvalue weighted by Crippen LogP contribution is -2.37. The predicted octanol–water partition coefficient (Wildman–Crippen LogP) is 3.60. The Kier molecular flexibility index (Phi) is 3.59. The van der Waals surface area contributed by atoms with Crippen LogP contribution in [-0.2, 0) is 0 Å². The van der Waals surface area contributed by atoms with Crippen molar-refractivity contribution in [3.63, 3.8) is 0 Å². The van der Waals surface area contributed by atoms with Gasteiger partial charge >= 0.3 is 0 Å². The molecule has 0 aromatic heterocycles. The zero-order valence-corrected chi connectivity index (χ0v) is 13.1. The van der Waals surface area contributed by atoms with E-state index in [4.69, 9.17) is 21.1 Å². The SMILES string of the molecule is CC(C)(C)NCC1CC1c1cc(Cl)c2c(c1)OCCO2. The fraction of sp³-hybridized carbons (Fsp3) is 0.625. The summed E-state index contributed by atoms with van der Waals surface area (Å²) in [7, 11) is 0. The molecule has 110 valence electrons. The van der Waals surface area contributed by atoms with Crippen molar-refractivity contribution in [3.05, 3.63) is 22.7 Å². The highest BCUT2D eigenvalue weighted by atomic mass is 35.5. The maximum absolute atomic E-state index is 6.30. The van der Waals surface area contributed by atoms with E-state index in [1.54, 1.807) is 0 Å². The summed E-state index contributed by atoms with van der Waals surface area (Å²) in [6.45, 7) is 8.84. The van der Waals surface area contributed by atoms with Gasteiger partial charge in [-0.1, -0.05) is 11.6 Å². The Bertz CT molecular complexity index is 510. The molecule has 1 aromatic carbocycles. The molecule has 0 saturated heterocycles. The van der Waals surface area contributed by atoms with Gasteiger partial charge in [0.15, 0.2) is 11.5 Å². The molecule has 2 aliphatic rings. The van der Waals surface area contributed by atoms with Crippen LogP contribution in [0.4, 0.5) is 0 Å². The quantitative estimate of drug-likeness (QED) is 0.924. The van der Waals surface area contributed by atoms with Gasteiger partial charge in [-0.05, 0) is 63.3 Å². The monoisotopic (exact) mass is 295 g/mol. The summed E-state index contributed by atoms with van der Waals surface area (Å²) >= 11 is 6.30. The zero-order valence-electron chi connectivity index (χ0n) is 12.3. The fourth-order valence-electron chi connectivity index (χ4n) is 2.66. The first-order valence-electron chi connectivity index (χ1n) is 7.28. The van der Waals surface area contributed by atoms with Gasteiger partial charge < -0.3 is 14.8 Å². The third kappa shape index (κ3) is 3.04. The molecule has 0 amide bonds. The minimum absolute atomic E-state index is 0.178. The first-order chi connectivity index (χ1) is 9.44. The van der Waals surface area contributed by atoms with Crippen molar-refractivity contribution < 1.29 is 9.47 Å². The van der Waals surface area contributed by atoms with Crippen LogP contribution in [0.2, 0.25) is 5.02 Å². The number of halogens is 1. The van der Waals surface area contributed by atoms with E-state index >= 15 is 0 Å². The third-order valence-electron chi connectivity index (χ3n) is 3.86. The van der Waals surface area contributed by atoms with Crippen LogP contribution in [0.25, 0.3) is 0 Å². The van der Waals surface area contributed by atoms with Gasteiger partial charge in [0.05, 0.1) is 5.02 Å². The van der Waals surface area contributed by atoms with Crippen LogP contribution >= 0.6 is 11.6 Å². The van der Waals surface area contributed by atoms with Gasteiger partial charge in [-0.25, -0.2) is 0 Å². The maximum atomic E-state index is 6.30. The van der Waals surface area contributed by atoms with E-state index in [-0.39, 0.29) is 5.54 Å². The molecule has 3 nitrogen and oxygen atoms in total. The molecule has 20 heavy (non-hydrogen) atoms. The molecule has 0 spiro atoms. The Morgan fingerprint density at radius 2 is 2.00 bits per heavy atom. The predicted molar refractivity (Wildman–Crippen MR) is 81.0 cm³/mol. The summed E-state index contributed by atoms with van der Waals surface area (Å²) in [6, 6.07) is 4.14. The average Bonchev–Trinajstić information content (AvgIpc) is 3.15. The van der Waals surface area contributed by atoms with Crippen LogP contribution in [0, 0.1) is 5.92 Å². The standard InChI is InChI=1S/C16H22ClNO2/c1-16(2,3)18-9-11-6-12(11)10-7-13(17)15-14(8-10)19-4-5-20-15/h7-8,11-12,18H,4-6,9H2,1-3H3. The van der Waals surface area contributed by atoms with Crippen LogP contribution in [0.15, 0.2) is 12.1 Å². The van der Waals surface area contributed by atoms with E-state index in [0.717, 1.165) is 12.3 Å². The molecule has 0 bridgehead atoms. The number of hydrogen-bond acceptors (Lipinski definition) is 3. The van der Waals surface area contributed by atoms with Crippen LogP contribution in [0.1, 0.15) is 38.7 Å². The van der Waals surface area contributed by atoms with Crippen molar-refractivity contribution in [2.75, 3.05) is 19.8 Å². The second kappa shape index (κ2) is 5.12. The van der Waals surface area contributed by atoms with Crippen LogP contribution in [0.5, 0.6) is 11.5 Å². The van der Waals surface area contributed by atoms with Gasteiger partial charge in [-0.2, -0.15) is 0 Å². The van der Waals surface area contributed by atoms with Gasteiger partial charge in [0.25, 0.3) is 0 Å². The number of benzene rings is 1. The lowest BCUT2D eigenvalue weighted by Gasteiger charge is -2.21. The smallest absolute Gasteiger partial charge is 0.179 e. The van der Waals surface area contributed by atoms with E-state index < -0.39 is 0 Å². The van der Waals surface area contributed by atoms with Crippen LogP contribution in [-0.4, -0.2) is 25.3 Å². The molecule has 2 unspecified atom stereocenters. The van der Waals surface area contributed by atoms with Gasteiger partial charge in [-0.3, -0.25) is 0 Å². The molecule has 1 aromatic rings. The van der Waals surface area contributed by atoms with Gasteiger partial charge in [0.2, 0.25) is 0 Å². The maximum Gasteiger partial charge on any atom is 0.179 e. The second-order valence-electron chi connectivity index (χ2n) is 6.76. The number of ether oxygens (including phenoxy) is 2. The van der Waals surface area contributed by atoms with Crippen molar-refractivity contribution in [3.8, 4) is 11.5 Å². The molecule has 1 heterocycles. The molecular formula is C16H22ClNO2. The normalized spacial score (nSPS) is 24.6. The highest BCUT2D eigenvalue weighted by Gasteiger charge is 2.39. The number of hydrogen-bond donors (Lipinski definition) is 1. The summed E-state index contributed by atoms with van der Waals surface area (Å²) in [4.78, 5) is 0. The third-order valence-corrected chi connectivity index (χ3v) is 4.15. The molecule has 1 aliphatic carbocycles. The molecule has 4 heteroatoms. The van der Waals surface area contributed by atoms with Crippen LogP contribution in [0.3, 0.4) is 0 Å². The van der Waals surface area contributed by atoms with Crippen molar-refractivity contribution in [2.24, 2.45) is 5.92 Å². The zero-order chi connectivity index (χ0) is 14.3. The molecule has 1 N–H and O–H groups in total. The van der Waals surface area contributed by atoms with Gasteiger partial charge in [-0.15, -0.1) is 0 Å². The fourth-order valence-corrected chi connectivity index (χ4v) is 2.94. The summed E-state index contributed by atoms with van der Waals surface area (Å²) in [5.41, 5.74) is 1.46. The molecule has 3 rings (SSSR count). The van der Waals surface area contributed by atoms with E-state index in [9.17, 15) is 0 Å². The Morgan fingerprint density at radius 3 is 2.75 bits per heavy atom. The summed E-state index contributed by atoms with van der Waals surface area (Å²) in [5.74, 6) is 2.80. The number of fused-ring (bicyclic) bond motifs is 1. The molecule has 2 atom stereocenters. The second-order valence-corrected chi connectivity index (χ2v) is 7.17. The first-order valence-corrected chi connectivity index (χ1v) is 7.66. The van der Waals surface area contributed by atoms with E-state index in [2.05, 4.69) is 32.2 Å². The summed E-state index contributed by atoms with van der Waals surface area (Å²) < 4.78 is 11.2. The van der Waals surface area contributed by atoms with Crippen molar-refractivity contribution in [1.82, 2.24) is 5.32 Å². The van der Waals surface area contributed by atoms with E-state index in [0.29, 0.717) is 35.8 Å². The minimum atomic E-state index is 0.178. The van der Waals surface area contributed by atoms with Crippen molar-refractivity contribution in [1.29, 1.82) is 0 Å². The topological polar surface area (TPSA) is 30.5 Å². The largest absolute Gasteiger partial charge is 0.486 e. The highest BCUT2D eigenvalue weighted by molar-refractivity contribution is 6.32. The number of rotatable bonds is 3. The minimum Gasteiger partial charge on any atom is -0.486 e. The molecule has 1 aliphatic heterocycles. The average molecular weight is 296 g/mol. The molecule has 0 radical (unpaired) electrons. The van der Waals surface area contributed by atoms with Crippen molar-refractivity contribution in [2.45, 2.75) is 38.6 Å². The lowest BCUT2D eigenvalue weighted by atomic mass is 10.1. The van der Waals surface area contributed by atoms with Gasteiger partial charge in [0.1, 0.15) is 13.2 Å². The Morgan fingerprint density at radius 1 is 1.25 bits per heavy atom. The summed E-state index contributed by atoms with van der Waals surface area (Å²) in [6.07, 6.45) is 1.22. The Labute approximate surface area is 125 Å². The highest BCUT2D eigenvalue weighted by Crippen LogP contribution is 2.50. The molecular weight excluding hydrogens is 274 g/mol. The Hall–Kier alpha value is -0.930. The van der Waals surface area contributed by atoms with Crippen molar-refractivity contribution >= 4 is 11.6 Å². The Balaban J connectivity index is 1.69. The van der Waals surface area contributed by atoms with E-state index in [1.807, 2.05) is 6.07 Å². The molecule has 1 saturated carbocycles. The van der Waals surface area contributed by atoms with Gasteiger partial charge in [0, 0.05) is 5.54 Å². The molecule has 1 fully saturated rings. The first kappa shape index (κ1) is 14.0.